The Hall–Kier alpha value is -3.22. The van der Waals surface area contributed by atoms with Crippen LogP contribution in [0.25, 0.3) is 0 Å². The molecule has 0 saturated heterocycles. The molecule has 0 amide bonds. The molecule has 4 rings (SSSR count). The number of benzene rings is 4. The second-order valence-electron chi connectivity index (χ2n) is 7.25. The maximum absolute atomic E-state index is 12.8. The van der Waals surface area contributed by atoms with E-state index in [1.807, 2.05) is 84.9 Å². The summed E-state index contributed by atoms with van der Waals surface area (Å²) in [7, 11) is -2.55. The van der Waals surface area contributed by atoms with Gasteiger partial charge in [-0.05, 0) is 42.0 Å². The van der Waals surface area contributed by atoms with Crippen LogP contribution in [0, 0.1) is 0 Å². The van der Waals surface area contributed by atoms with Gasteiger partial charge in [0.2, 0.25) is 0 Å². The van der Waals surface area contributed by atoms with Gasteiger partial charge in [0.05, 0.1) is 5.97 Å². The first-order valence-electron chi connectivity index (χ1n) is 10.0. The molecule has 0 radical (unpaired) electrons. The molecule has 0 bridgehead atoms. The number of carboxylic acid groups (broad SMARTS) is 1. The third-order valence-electron chi connectivity index (χ3n) is 5.50. The fourth-order valence-electron chi connectivity index (χ4n) is 4.19. The Morgan fingerprint density at radius 2 is 0.933 bits per heavy atom. The number of carboxylic acids is 1. The lowest BCUT2D eigenvalue weighted by atomic mass is 10.1. The molecular formula is C27H23O2P. The Labute approximate surface area is 178 Å². The quantitative estimate of drug-likeness (QED) is 0.439. The molecular weight excluding hydrogens is 387 g/mol. The zero-order chi connectivity index (χ0) is 20.8. The molecule has 0 aliphatic carbocycles. The van der Waals surface area contributed by atoms with E-state index in [2.05, 4.69) is 36.4 Å². The van der Waals surface area contributed by atoms with Gasteiger partial charge in [0.15, 0.2) is 0 Å². The molecule has 0 aliphatic heterocycles. The van der Waals surface area contributed by atoms with Crippen molar-refractivity contribution in [1.82, 2.24) is 0 Å². The number of hydrogen-bond acceptors (Lipinski definition) is 2. The van der Waals surface area contributed by atoms with Crippen molar-refractivity contribution in [3.63, 3.8) is 0 Å². The van der Waals surface area contributed by atoms with Gasteiger partial charge in [0.25, 0.3) is 0 Å². The van der Waals surface area contributed by atoms with E-state index in [0.717, 1.165) is 21.5 Å². The van der Waals surface area contributed by atoms with E-state index in [9.17, 15) is 9.90 Å². The van der Waals surface area contributed by atoms with Crippen LogP contribution in [-0.2, 0) is 11.2 Å². The minimum absolute atomic E-state index is 0.412. The lowest BCUT2D eigenvalue weighted by Gasteiger charge is -2.35. The van der Waals surface area contributed by atoms with Crippen molar-refractivity contribution < 1.29 is 9.90 Å². The molecule has 3 heteroatoms. The number of aliphatic carboxylic acids is 1. The molecule has 0 spiro atoms. The SMILES string of the molecule is O=C([O-])C(Cc1ccccc1)[P+](c1ccccc1)(c1ccccc1)c1ccccc1. The number of hydrogen-bond donors (Lipinski definition) is 0. The van der Waals surface area contributed by atoms with Crippen LogP contribution in [0.2, 0.25) is 0 Å². The van der Waals surface area contributed by atoms with Gasteiger partial charge in [-0.3, -0.25) is 0 Å². The van der Waals surface area contributed by atoms with Crippen molar-refractivity contribution in [1.29, 1.82) is 0 Å². The highest BCUT2D eigenvalue weighted by Gasteiger charge is 2.52. The first kappa shape index (κ1) is 20.1. The molecule has 0 heterocycles. The van der Waals surface area contributed by atoms with Gasteiger partial charge in [-0.15, -0.1) is 0 Å². The first-order chi connectivity index (χ1) is 14.7. The van der Waals surface area contributed by atoms with Crippen LogP contribution in [0.5, 0.6) is 0 Å². The van der Waals surface area contributed by atoms with Crippen LogP contribution in [-0.4, -0.2) is 11.6 Å². The Morgan fingerprint density at radius 1 is 0.600 bits per heavy atom. The van der Waals surface area contributed by atoms with Gasteiger partial charge >= 0.3 is 0 Å². The van der Waals surface area contributed by atoms with Crippen molar-refractivity contribution >= 4 is 29.1 Å². The van der Waals surface area contributed by atoms with Crippen LogP contribution < -0.4 is 21.0 Å². The number of carbonyl (C=O) groups is 1. The lowest BCUT2D eigenvalue weighted by molar-refractivity contribution is -0.304. The molecule has 0 saturated carbocycles. The molecule has 4 aromatic carbocycles. The third kappa shape index (κ3) is 3.79. The van der Waals surface area contributed by atoms with Gasteiger partial charge in [-0.1, -0.05) is 84.9 Å². The van der Waals surface area contributed by atoms with Crippen LogP contribution in [0.15, 0.2) is 121 Å². The highest BCUT2D eigenvalue weighted by molar-refractivity contribution is 7.96. The van der Waals surface area contributed by atoms with Crippen molar-refractivity contribution in [3.8, 4) is 0 Å². The van der Waals surface area contributed by atoms with Gasteiger partial charge in [-0.2, -0.15) is 0 Å². The summed E-state index contributed by atoms with van der Waals surface area (Å²) in [5.74, 6) is -1.01. The van der Waals surface area contributed by atoms with Crippen LogP contribution in [0.4, 0.5) is 0 Å². The highest BCUT2D eigenvalue weighted by atomic mass is 31.2. The van der Waals surface area contributed by atoms with Crippen LogP contribution in [0.3, 0.4) is 0 Å². The van der Waals surface area contributed by atoms with Crippen molar-refractivity contribution in [3.05, 3.63) is 127 Å². The Bertz CT molecular complexity index is 984. The summed E-state index contributed by atoms with van der Waals surface area (Å²) in [4.78, 5) is 12.8. The third-order valence-corrected chi connectivity index (χ3v) is 10.2. The molecule has 1 unspecified atom stereocenters. The first-order valence-corrected chi connectivity index (χ1v) is 11.9. The van der Waals surface area contributed by atoms with E-state index in [1.54, 1.807) is 0 Å². The van der Waals surface area contributed by atoms with E-state index < -0.39 is 18.9 Å². The van der Waals surface area contributed by atoms with E-state index >= 15 is 0 Å². The summed E-state index contributed by atoms with van der Waals surface area (Å²) in [5.41, 5.74) is 0.311. The summed E-state index contributed by atoms with van der Waals surface area (Å²) in [6.45, 7) is 0. The number of carbonyl (C=O) groups excluding carboxylic acids is 1. The Morgan fingerprint density at radius 3 is 1.27 bits per heavy atom. The highest BCUT2D eigenvalue weighted by Crippen LogP contribution is 2.60. The summed E-state index contributed by atoms with van der Waals surface area (Å²) < 4.78 is 0. The second kappa shape index (κ2) is 9.07. The van der Waals surface area contributed by atoms with Crippen molar-refractivity contribution in [2.24, 2.45) is 0 Å². The van der Waals surface area contributed by atoms with Gasteiger partial charge in [0.1, 0.15) is 28.8 Å². The van der Waals surface area contributed by atoms with Gasteiger partial charge in [-0.25, -0.2) is 0 Å². The minimum atomic E-state index is -2.55. The predicted octanol–water partition coefficient (Wildman–Crippen LogP) is 3.34. The average Bonchev–Trinajstić information content (AvgIpc) is 2.82. The number of rotatable bonds is 7. The minimum Gasteiger partial charge on any atom is -0.546 e. The molecule has 30 heavy (non-hydrogen) atoms. The topological polar surface area (TPSA) is 40.1 Å². The zero-order valence-corrected chi connectivity index (χ0v) is 17.5. The molecule has 0 N–H and O–H groups in total. The average molecular weight is 410 g/mol. The second-order valence-corrected chi connectivity index (χ2v) is 10.9. The van der Waals surface area contributed by atoms with E-state index in [4.69, 9.17) is 0 Å². The molecule has 2 nitrogen and oxygen atoms in total. The normalized spacial score (nSPS) is 12.3. The fraction of sp³-hybridized carbons (Fsp3) is 0.0741. The summed E-state index contributed by atoms with van der Waals surface area (Å²) in [6, 6.07) is 40.1. The summed E-state index contributed by atoms with van der Waals surface area (Å²) in [6.07, 6.45) is 0.412. The van der Waals surface area contributed by atoms with E-state index in [0.29, 0.717) is 6.42 Å². The standard InChI is InChI=1S/C27H23O2P/c28-27(29)26(21-22-13-5-1-6-14-22)30(23-15-7-2-8-16-23,24-17-9-3-10-18-24)25-19-11-4-12-20-25/h1-20,26H,21H2. The molecule has 4 aromatic rings. The van der Waals surface area contributed by atoms with Gasteiger partial charge in [0, 0.05) is 6.42 Å². The molecule has 0 aliphatic rings. The van der Waals surface area contributed by atoms with E-state index in [1.165, 1.54) is 0 Å². The maximum atomic E-state index is 12.8. The van der Waals surface area contributed by atoms with Gasteiger partial charge < -0.3 is 9.90 Å². The van der Waals surface area contributed by atoms with Crippen LogP contribution in [0.1, 0.15) is 5.56 Å². The Balaban J connectivity index is 2.04. The van der Waals surface area contributed by atoms with Crippen LogP contribution >= 0.6 is 7.26 Å². The largest absolute Gasteiger partial charge is 0.546 e. The maximum Gasteiger partial charge on any atom is 0.127 e. The summed E-state index contributed by atoms with van der Waals surface area (Å²) in [5, 5.41) is 15.9. The van der Waals surface area contributed by atoms with Crippen molar-refractivity contribution in [2.75, 3.05) is 0 Å². The monoisotopic (exact) mass is 410 g/mol. The fourth-order valence-corrected chi connectivity index (χ4v) is 8.89. The lowest BCUT2D eigenvalue weighted by Crippen LogP contribution is -2.48. The molecule has 1 atom stereocenters. The van der Waals surface area contributed by atoms with E-state index in [-0.39, 0.29) is 0 Å². The smallest absolute Gasteiger partial charge is 0.127 e. The van der Waals surface area contributed by atoms with Crippen molar-refractivity contribution in [2.45, 2.75) is 12.1 Å². The molecule has 0 aromatic heterocycles. The zero-order valence-electron chi connectivity index (χ0n) is 16.6. The molecule has 148 valence electrons. The predicted molar refractivity (Wildman–Crippen MR) is 124 cm³/mol. The molecule has 0 fully saturated rings. The Kier molecular flexibility index (Phi) is 6.07. The summed E-state index contributed by atoms with van der Waals surface area (Å²) >= 11 is 0.